The van der Waals surface area contributed by atoms with Crippen molar-refractivity contribution in [3.8, 4) is 11.4 Å². The van der Waals surface area contributed by atoms with Gasteiger partial charge in [0.2, 0.25) is 0 Å². The first-order chi connectivity index (χ1) is 16.0. The van der Waals surface area contributed by atoms with E-state index in [0.29, 0.717) is 17.2 Å². The van der Waals surface area contributed by atoms with Gasteiger partial charge in [0.1, 0.15) is 11.6 Å². The number of Topliss-reactive ketones (excluding diaryl/α,β-unsaturated/α-hetero) is 1. The van der Waals surface area contributed by atoms with Gasteiger partial charge in [0.25, 0.3) is 0 Å². The van der Waals surface area contributed by atoms with Crippen molar-refractivity contribution >= 4 is 23.5 Å². The molecular formula is C26H27N5O2. The molecule has 1 aliphatic carbocycles. The molecule has 1 fully saturated rings. The lowest BCUT2D eigenvalue weighted by molar-refractivity contribution is -0.00550. The van der Waals surface area contributed by atoms with E-state index in [1.54, 1.807) is 12.1 Å². The van der Waals surface area contributed by atoms with Crippen LogP contribution in [0, 0.1) is 0 Å². The van der Waals surface area contributed by atoms with Crippen LogP contribution in [0.1, 0.15) is 41.0 Å². The van der Waals surface area contributed by atoms with Gasteiger partial charge in [-0.25, -0.2) is 15.0 Å². The first-order valence-corrected chi connectivity index (χ1v) is 11.3. The van der Waals surface area contributed by atoms with Gasteiger partial charge in [0.15, 0.2) is 11.6 Å². The number of fused-ring (bicyclic) bond motifs is 1. The number of ether oxygens (including phenoxy) is 1. The summed E-state index contributed by atoms with van der Waals surface area (Å²) in [4.78, 5) is 28.9. The van der Waals surface area contributed by atoms with Crippen LogP contribution in [0.4, 0.5) is 11.6 Å². The van der Waals surface area contributed by atoms with Crippen molar-refractivity contribution in [2.45, 2.75) is 38.9 Å². The molecular weight excluding hydrogens is 414 g/mol. The number of carbonyl (C=O) groups excluding carboxylic acids is 1. The van der Waals surface area contributed by atoms with Crippen LogP contribution in [0.25, 0.3) is 17.5 Å². The standard InChI is InChI=1S/C26H27N5O2/c1-16-14-31(15-17(2)33-16)26-21-7-4-8-22(21)29-25(30-26)19-6-3-5-18(11-19)12-23(32)20-9-10-24(27)28-13-20/h3-6,8-11,13,16-17H,7,12,14-15H2,1-2H3,(H2,27,28). The van der Waals surface area contributed by atoms with Gasteiger partial charge in [-0.3, -0.25) is 4.79 Å². The lowest BCUT2D eigenvalue weighted by Crippen LogP contribution is -2.46. The Hall–Kier alpha value is -3.58. The summed E-state index contributed by atoms with van der Waals surface area (Å²) in [6, 6.07) is 11.2. The van der Waals surface area contributed by atoms with E-state index in [0.717, 1.165) is 42.1 Å². The lowest BCUT2D eigenvalue weighted by atomic mass is 10.0. The lowest BCUT2D eigenvalue weighted by Gasteiger charge is -2.37. The number of nitrogen functional groups attached to an aromatic ring is 1. The molecule has 3 heterocycles. The predicted molar refractivity (Wildman–Crippen MR) is 129 cm³/mol. The number of aromatic nitrogens is 3. The summed E-state index contributed by atoms with van der Waals surface area (Å²) >= 11 is 0. The van der Waals surface area contributed by atoms with Crippen LogP contribution in [-0.4, -0.2) is 46.0 Å². The van der Waals surface area contributed by atoms with Gasteiger partial charge in [-0.2, -0.15) is 0 Å². The van der Waals surface area contributed by atoms with Gasteiger partial charge < -0.3 is 15.4 Å². The van der Waals surface area contributed by atoms with Crippen molar-refractivity contribution in [1.82, 2.24) is 15.0 Å². The molecule has 0 spiro atoms. The average molecular weight is 442 g/mol. The van der Waals surface area contributed by atoms with Crippen molar-refractivity contribution in [2.75, 3.05) is 23.7 Å². The fourth-order valence-corrected chi connectivity index (χ4v) is 4.53. The largest absolute Gasteiger partial charge is 0.384 e. The minimum Gasteiger partial charge on any atom is -0.384 e. The molecule has 5 rings (SSSR count). The second-order valence-corrected chi connectivity index (χ2v) is 8.78. The van der Waals surface area contributed by atoms with Crippen LogP contribution in [-0.2, 0) is 17.6 Å². The number of hydrogen-bond acceptors (Lipinski definition) is 7. The van der Waals surface area contributed by atoms with E-state index < -0.39 is 0 Å². The number of ketones is 1. The molecule has 3 aromatic rings. The highest BCUT2D eigenvalue weighted by atomic mass is 16.5. The molecule has 2 unspecified atom stereocenters. The molecule has 0 amide bonds. The molecule has 0 radical (unpaired) electrons. The van der Waals surface area contributed by atoms with E-state index in [1.165, 1.54) is 11.8 Å². The minimum absolute atomic E-state index is 0.00515. The normalized spacial score (nSPS) is 19.5. The Labute approximate surface area is 193 Å². The minimum atomic E-state index is -0.00515. The van der Waals surface area contributed by atoms with Gasteiger partial charge in [0.05, 0.1) is 17.9 Å². The highest BCUT2D eigenvalue weighted by Crippen LogP contribution is 2.32. The molecule has 33 heavy (non-hydrogen) atoms. The van der Waals surface area contributed by atoms with Gasteiger partial charge >= 0.3 is 0 Å². The van der Waals surface area contributed by atoms with E-state index in [9.17, 15) is 4.79 Å². The fraction of sp³-hybridized carbons (Fsp3) is 0.308. The van der Waals surface area contributed by atoms with Crippen LogP contribution in [0.5, 0.6) is 0 Å². The smallest absolute Gasteiger partial charge is 0.168 e. The molecule has 2 N–H and O–H groups in total. The molecule has 7 nitrogen and oxygen atoms in total. The highest BCUT2D eigenvalue weighted by Gasteiger charge is 2.27. The zero-order valence-electron chi connectivity index (χ0n) is 18.9. The van der Waals surface area contributed by atoms with Crippen LogP contribution >= 0.6 is 0 Å². The second-order valence-electron chi connectivity index (χ2n) is 8.78. The third-order valence-corrected chi connectivity index (χ3v) is 5.99. The van der Waals surface area contributed by atoms with Gasteiger partial charge in [-0.1, -0.05) is 24.3 Å². The van der Waals surface area contributed by atoms with Gasteiger partial charge in [-0.05, 0) is 50.1 Å². The van der Waals surface area contributed by atoms with Gasteiger partial charge in [0, 0.05) is 42.4 Å². The quantitative estimate of drug-likeness (QED) is 0.603. The number of morpholine rings is 1. The highest BCUT2D eigenvalue weighted by molar-refractivity contribution is 5.97. The summed E-state index contributed by atoms with van der Waals surface area (Å²) in [5.41, 5.74) is 10.1. The zero-order valence-corrected chi connectivity index (χ0v) is 18.9. The molecule has 0 bridgehead atoms. The summed E-state index contributed by atoms with van der Waals surface area (Å²) in [6.45, 7) is 5.80. The maximum Gasteiger partial charge on any atom is 0.168 e. The first kappa shape index (κ1) is 21.3. The number of anilines is 2. The SMILES string of the molecule is CC1CN(c2nc(-c3cccc(CC(=O)c4ccc(N)nc4)c3)nc3c2CC=C3)CC(C)O1. The zero-order chi connectivity index (χ0) is 22.9. The molecule has 2 aliphatic rings. The number of allylic oxidation sites excluding steroid dienone is 1. The van der Waals surface area contributed by atoms with E-state index in [-0.39, 0.29) is 24.4 Å². The van der Waals surface area contributed by atoms with Crippen LogP contribution in [0.2, 0.25) is 0 Å². The van der Waals surface area contributed by atoms with Crippen LogP contribution in [0.15, 0.2) is 48.7 Å². The topological polar surface area (TPSA) is 94.2 Å². The Morgan fingerprint density at radius 3 is 2.73 bits per heavy atom. The Bertz CT molecular complexity index is 1210. The number of hydrogen-bond donors (Lipinski definition) is 1. The third-order valence-electron chi connectivity index (χ3n) is 5.99. The Balaban J connectivity index is 1.45. The molecule has 7 heteroatoms. The van der Waals surface area contributed by atoms with Gasteiger partial charge in [-0.15, -0.1) is 0 Å². The maximum absolute atomic E-state index is 12.7. The van der Waals surface area contributed by atoms with Crippen LogP contribution in [0.3, 0.4) is 0 Å². The van der Waals surface area contributed by atoms with Crippen molar-refractivity contribution in [3.05, 3.63) is 71.1 Å². The van der Waals surface area contributed by atoms with E-state index in [1.807, 2.05) is 24.3 Å². The number of carbonyl (C=O) groups is 1. The number of benzene rings is 1. The Kier molecular flexibility index (Phi) is 5.64. The van der Waals surface area contributed by atoms with Crippen molar-refractivity contribution in [2.24, 2.45) is 0 Å². The molecule has 2 atom stereocenters. The van der Waals surface area contributed by atoms with E-state index in [2.05, 4.69) is 35.9 Å². The molecule has 1 saturated heterocycles. The Morgan fingerprint density at radius 2 is 1.97 bits per heavy atom. The number of rotatable bonds is 5. The first-order valence-electron chi connectivity index (χ1n) is 11.3. The van der Waals surface area contributed by atoms with Crippen molar-refractivity contribution in [3.63, 3.8) is 0 Å². The van der Waals surface area contributed by atoms with Crippen LogP contribution < -0.4 is 10.6 Å². The maximum atomic E-state index is 12.7. The molecule has 0 saturated carbocycles. The summed E-state index contributed by atoms with van der Waals surface area (Å²) in [6.07, 6.45) is 7.14. The average Bonchev–Trinajstić information content (AvgIpc) is 3.27. The summed E-state index contributed by atoms with van der Waals surface area (Å²) in [7, 11) is 0. The number of pyridine rings is 1. The van der Waals surface area contributed by atoms with Crippen molar-refractivity contribution in [1.29, 1.82) is 0 Å². The summed E-state index contributed by atoms with van der Waals surface area (Å²) in [5, 5.41) is 0. The second kappa shape index (κ2) is 8.75. The molecule has 2 aromatic heterocycles. The third kappa shape index (κ3) is 4.50. The van der Waals surface area contributed by atoms with E-state index in [4.69, 9.17) is 20.4 Å². The fourth-order valence-electron chi connectivity index (χ4n) is 4.53. The summed E-state index contributed by atoms with van der Waals surface area (Å²) in [5.74, 6) is 2.05. The predicted octanol–water partition coefficient (Wildman–Crippen LogP) is 3.73. The summed E-state index contributed by atoms with van der Waals surface area (Å²) < 4.78 is 5.92. The monoisotopic (exact) mass is 441 g/mol. The molecule has 1 aromatic carbocycles. The van der Waals surface area contributed by atoms with E-state index >= 15 is 0 Å². The number of nitrogens with zero attached hydrogens (tertiary/aromatic N) is 4. The Morgan fingerprint density at radius 1 is 1.15 bits per heavy atom. The molecule has 1 aliphatic heterocycles. The molecule has 168 valence electrons. The van der Waals surface area contributed by atoms with Crippen molar-refractivity contribution < 1.29 is 9.53 Å². The number of nitrogens with two attached hydrogens (primary N) is 1.